The smallest absolute Gasteiger partial charge is 0.123 e. The van der Waals surface area contributed by atoms with Crippen LogP contribution in [0, 0.1) is 5.82 Å². The number of furan rings is 1. The molecule has 0 spiro atoms. The second-order valence-electron chi connectivity index (χ2n) is 4.77. The highest BCUT2D eigenvalue weighted by molar-refractivity contribution is 7.98. The highest BCUT2D eigenvalue weighted by Gasteiger charge is 2.20. The van der Waals surface area contributed by atoms with Crippen LogP contribution in [0.4, 0.5) is 4.39 Å². The number of hydrogen-bond donors (Lipinski definition) is 1. The third-order valence-electron chi connectivity index (χ3n) is 3.05. The van der Waals surface area contributed by atoms with Crippen molar-refractivity contribution in [3.63, 3.8) is 0 Å². The molecule has 0 unspecified atom stereocenters. The van der Waals surface area contributed by atoms with Crippen molar-refractivity contribution in [2.24, 2.45) is 0 Å². The Morgan fingerprint density at radius 1 is 1.11 bits per heavy atom. The van der Waals surface area contributed by atoms with Crippen LogP contribution in [0.1, 0.15) is 24.4 Å². The summed E-state index contributed by atoms with van der Waals surface area (Å²) in [7, 11) is 0. The van der Waals surface area contributed by atoms with Gasteiger partial charge in [0.15, 0.2) is 0 Å². The second-order valence-corrected chi connectivity index (χ2v) is 5.81. The first kappa shape index (κ1) is 12.8. The number of thioether (sulfide) groups is 1. The maximum Gasteiger partial charge on any atom is 0.123 e. The maximum absolute atomic E-state index is 12.8. The summed E-state index contributed by atoms with van der Waals surface area (Å²) >= 11 is 1.65. The minimum absolute atomic E-state index is 0.198. The van der Waals surface area contributed by atoms with Crippen molar-refractivity contribution in [1.29, 1.82) is 0 Å². The van der Waals surface area contributed by atoms with Crippen molar-refractivity contribution in [3.8, 4) is 0 Å². The van der Waals surface area contributed by atoms with Gasteiger partial charge in [-0.05, 0) is 49.2 Å². The van der Waals surface area contributed by atoms with Gasteiger partial charge in [-0.2, -0.15) is 0 Å². The summed E-state index contributed by atoms with van der Waals surface area (Å²) in [6, 6.07) is 11.3. The molecule has 1 aliphatic rings. The monoisotopic (exact) mass is 277 g/mol. The first-order chi connectivity index (χ1) is 9.29. The number of rotatable bonds is 6. The fourth-order valence-electron chi connectivity index (χ4n) is 1.81. The Morgan fingerprint density at radius 3 is 2.58 bits per heavy atom. The lowest BCUT2D eigenvalue weighted by molar-refractivity contribution is 0.458. The molecule has 2 nitrogen and oxygen atoms in total. The van der Waals surface area contributed by atoms with Gasteiger partial charge in [-0.3, -0.25) is 0 Å². The van der Waals surface area contributed by atoms with E-state index in [1.807, 2.05) is 12.1 Å². The van der Waals surface area contributed by atoms with E-state index in [9.17, 15) is 4.39 Å². The van der Waals surface area contributed by atoms with Crippen LogP contribution in [0.2, 0.25) is 0 Å². The molecule has 1 heterocycles. The van der Waals surface area contributed by atoms with Crippen molar-refractivity contribution in [1.82, 2.24) is 5.32 Å². The number of halogens is 1. The van der Waals surface area contributed by atoms with Crippen molar-refractivity contribution in [2.75, 3.05) is 0 Å². The molecular formula is C15H16FNOS. The summed E-state index contributed by atoms with van der Waals surface area (Å²) in [4.78, 5) is 1.05. The fraction of sp³-hybridized carbons (Fsp3) is 0.333. The molecule has 0 amide bonds. The van der Waals surface area contributed by atoms with Crippen LogP contribution in [0.25, 0.3) is 0 Å². The second kappa shape index (κ2) is 5.80. The summed E-state index contributed by atoms with van der Waals surface area (Å²) in [5, 5.41) is 3.42. The highest BCUT2D eigenvalue weighted by Crippen LogP contribution is 2.24. The molecule has 1 fully saturated rings. The Labute approximate surface area is 116 Å². The molecule has 0 atom stereocenters. The summed E-state index contributed by atoms with van der Waals surface area (Å²) < 4.78 is 18.5. The lowest BCUT2D eigenvalue weighted by atomic mass is 10.4. The summed E-state index contributed by atoms with van der Waals surface area (Å²) in [5.74, 6) is 2.52. The molecule has 1 aliphatic carbocycles. The van der Waals surface area contributed by atoms with E-state index in [-0.39, 0.29) is 5.82 Å². The van der Waals surface area contributed by atoms with Crippen LogP contribution in [-0.4, -0.2) is 6.04 Å². The lowest BCUT2D eigenvalue weighted by Crippen LogP contribution is -2.14. The molecule has 4 heteroatoms. The molecule has 19 heavy (non-hydrogen) atoms. The van der Waals surface area contributed by atoms with Gasteiger partial charge in [-0.25, -0.2) is 4.39 Å². The lowest BCUT2D eigenvalue weighted by Gasteiger charge is -2.00. The molecular weight excluding hydrogens is 261 g/mol. The van der Waals surface area contributed by atoms with Crippen molar-refractivity contribution >= 4 is 11.8 Å². The average Bonchev–Trinajstić information content (AvgIpc) is 3.15. The largest absolute Gasteiger partial charge is 0.464 e. The summed E-state index contributed by atoms with van der Waals surface area (Å²) in [6.07, 6.45) is 2.57. The van der Waals surface area contributed by atoms with Crippen LogP contribution in [0.5, 0.6) is 0 Å². The Morgan fingerprint density at radius 2 is 1.84 bits per heavy atom. The Balaban J connectivity index is 1.50. The van der Waals surface area contributed by atoms with Crippen LogP contribution in [-0.2, 0) is 12.3 Å². The van der Waals surface area contributed by atoms with Crippen molar-refractivity contribution < 1.29 is 8.81 Å². The topological polar surface area (TPSA) is 25.2 Å². The van der Waals surface area contributed by atoms with Crippen LogP contribution >= 0.6 is 11.8 Å². The van der Waals surface area contributed by atoms with E-state index in [1.165, 1.54) is 25.0 Å². The predicted octanol–water partition coefficient (Wildman–Crippen LogP) is 3.96. The van der Waals surface area contributed by atoms with E-state index in [0.717, 1.165) is 28.7 Å². The normalized spacial score (nSPS) is 14.8. The molecule has 1 aromatic heterocycles. The first-order valence-corrected chi connectivity index (χ1v) is 7.47. The molecule has 1 N–H and O–H groups in total. The van der Waals surface area contributed by atoms with E-state index in [1.54, 1.807) is 23.9 Å². The fourth-order valence-corrected chi connectivity index (χ4v) is 2.61. The molecule has 1 saturated carbocycles. The quantitative estimate of drug-likeness (QED) is 0.809. The average molecular weight is 277 g/mol. The van der Waals surface area contributed by atoms with Gasteiger partial charge >= 0.3 is 0 Å². The Hall–Kier alpha value is -1.26. The third-order valence-corrected chi connectivity index (χ3v) is 4.09. The first-order valence-electron chi connectivity index (χ1n) is 6.49. The predicted molar refractivity (Wildman–Crippen MR) is 74.5 cm³/mol. The third kappa shape index (κ3) is 3.85. The molecule has 3 rings (SSSR count). The van der Waals surface area contributed by atoms with Gasteiger partial charge in [-0.1, -0.05) is 0 Å². The molecule has 0 saturated heterocycles. The number of hydrogen-bond acceptors (Lipinski definition) is 3. The maximum atomic E-state index is 12.8. The van der Waals surface area contributed by atoms with Gasteiger partial charge in [-0.15, -0.1) is 11.8 Å². The van der Waals surface area contributed by atoms with E-state index in [0.29, 0.717) is 6.04 Å². The molecule has 0 aliphatic heterocycles. The van der Waals surface area contributed by atoms with Gasteiger partial charge in [0.05, 0.1) is 12.3 Å². The highest BCUT2D eigenvalue weighted by atomic mass is 32.2. The van der Waals surface area contributed by atoms with Crippen molar-refractivity contribution in [2.45, 2.75) is 36.1 Å². The molecule has 1 aromatic carbocycles. The van der Waals surface area contributed by atoms with E-state index in [2.05, 4.69) is 5.32 Å². The zero-order chi connectivity index (χ0) is 13.1. The zero-order valence-electron chi connectivity index (χ0n) is 10.6. The van der Waals surface area contributed by atoms with Crippen LogP contribution in [0.3, 0.4) is 0 Å². The van der Waals surface area contributed by atoms with E-state index in [4.69, 9.17) is 4.42 Å². The van der Waals surface area contributed by atoms with E-state index >= 15 is 0 Å². The number of benzene rings is 1. The Kier molecular flexibility index (Phi) is 3.89. The van der Waals surface area contributed by atoms with Crippen LogP contribution < -0.4 is 5.32 Å². The summed E-state index contributed by atoms with van der Waals surface area (Å²) in [5.41, 5.74) is 0. The Bertz CT molecular complexity index is 533. The van der Waals surface area contributed by atoms with Crippen molar-refractivity contribution in [3.05, 3.63) is 53.7 Å². The summed E-state index contributed by atoms with van der Waals surface area (Å²) in [6.45, 7) is 0.811. The number of nitrogens with one attached hydrogen (secondary N) is 1. The zero-order valence-corrected chi connectivity index (χ0v) is 11.4. The minimum Gasteiger partial charge on any atom is -0.464 e. The molecule has 0 bridgehead atoms. The van der Waals surface area contributed by atoms with Gasteiger partial charge < -0.3 is 9.73 Å². The molecule has 0 radical (unpaired) electrons. The van der Waals surface area contributed by atoms with Gasteiger partial charge in [0.25, 0.3) is 0 Å². The minimum atomic E-state index is -0.198. The van der Waals surface area contributed by atoms with Gasteiger partial charge in [0.2, 0.25) is 0 Å². The van der Waals surface area contributed by atoms with E-state index < -0.39 is 0 Å². The SMILES string of the molecule is Fc1ccc(SCc2ccc(CNC3CC3)o2)cc1. The van der Waals surface area contributed by atoms with Gasteiger partial charge in [0.1, 0.15) is 17.3 Å². The van der Waals surface area contributed by atoms with Crippen LogP contribution in [0.15, 0.2) is 45.7 Å². The molecule has 100 valence electrons. The molecule has 2 aromatic rings. The van der Waals surface area contributed by atoms with Gasteiger partial charge in [0, 0.05) is 10.9 Å². The standard InChI is InChI=1S/C15H16FNOS/c16-11-1-7-15(8-2-11)19-10-14-6-5-13(18-14)9-17-12-3-4-12/h1-2,5-8,12,17H,3-4,9-10H2.